The quantitative estimate of drug-likeness (QED) is 0.574. The fourth-order valence-electron chi connectivity index (χ4n) is 2.43. The van der Waals surface area contributed by atoms with Gasteiger partial charge in [-0.1, -0.05) is 6.07 Å². The predicted octanol–water partition coefficient (Wildman–Crippen LogP) is 3.58. The van der Waals surface area contributed by atoms with E-state index in [0.717, 1.165) is 5.56 Å². The molecule has 0 unspecified atom stereocenters. The highest BCUT2D eigenvalue weighted by atomic mass is 16.5. The summed E-state index contributed by atoms with van der Waals surface area (Å²) in [5.41, 5.74) is 7.24. The van der Waals surface area contributed by atoms with E-state index in [1.807, 2.05) is 18.2 Å². The number of hydrogen-bond donors (Lipinski definition) is 1. The summed E-state index contributed by atoms with van der Waals surface area (Å²) >= 11 is 0. The molecular formula is C19H15N5O3. The number of methoxy groups -OCH3 is 1. The van der Waals surface area contributed by atoms with Crippen molar-refractivity contribution in [2.45, 2.75) is 0 Å². The maximum absolute atomic E-state index is 5.98. The number of pyridine rings is 2. The van der Waals surface area contributed by atoms with Crippen LogP contribution in [0.15, 0.2) is 65.5 Å². The average molecular weight is 361 g/mol. The Morgan fingerprint density at radius 3 is 2.52 bits per heavy atom. The molecule has 2 N–H and O–H groups in total. The van der Waals surface area contributed by atoms with Gasteiger partial charge in [-0.15, -0.1) is 10.2 Å². The summed E-state index contributed by atoms with van der Waals surface area (Å²) in [6.07, 6.45) is 4.83. The Bertz CT molecular complexity index is 1070. The van der Waals surface area contributed by atoms with Crippen molar-refractivity contribution in [2.75, 3.05) is 12.8 Å². The molecule has 0 atom stereocenters. The maximum Gasteiger partial charge on any atom is 0.252 e. The molecule has 8 heteroatoms. The second-order valence-corrected chi connectivity index (χ2v) is 5.53. The molecule has 0 radical (unpaired) electrons. The summed E-state index contributed by atoms with van der Waals surface area (Å²) in [6.45, 7) is 0. The van der Waals surface area contributed by atoms with Crippen LogP contribution in [0.5, 0.6) is 17.2 Å². The summed E-state index contributed by atoms with van der Waals surface area (Å²) in [5, 5.41) is 8.12. The SMILES string of the molecule is COc1cccc(Oc2cnc(N)c(-c3nnc(-c4ccncc4)o3)c2)c1. The Labute approximate surface area is 154 Å². The number of anilines is 1. The van der Waals surface area contributed by atoms with Crippen LogP contribution in [-0.2, 0) is 0 Å². The van der Waals surface area contributed by atoms with Crippen molar-refractivity contribution in [1.82, 2.24) is 20.2 Å². The standard InChI is InChI=1S/C19H15N5O3/c1-25-13-3-2-4-14(9-13)26-15-10-16(17(20)22-11-15)19-24-23-18(27-19)12-5-7-21-8-6-12/h2-11H,1H3,(H2,20,22). The monoisotopic (exact) mass is 361 g/mol. The third-order valence-corrected chi connectivity index (χ3v) is 3.75. The van der Waals surface area contributed by atoms with Crippen molar-refractivity contribution in [3.05, 3.63) is 61.1 Å². The van der Waals surface area contributed by atoms with Crippen LogP contribution in [0.2, 0.25) is 0 Å². The zero-order valence-corrected chi connectivity index (χ0v) is 14.4. The van der Waals surface area contributed by atoms with E-state index in [0.29, 0.717) is 28.7 Å². The van der Waals surface area contributed by atoms with Gasteiger partial charge in [0.25, 0.3) is 5.89 Å². The molecule has 0 bridgehead atoms. The molecule has 4 rings (SSSR count). The Balaban J connectivity index is 1.64. The summed E-state index contributed by atoms with van der Waals surface area (Å²) in [4.78, 5) is 8.13. The number of aromatic nitrogens is 4. The molecule has 0 saturated carbocycles. The van der Waals surface area contributed by atoms with Gasteiger partial charge in [-0.2, -0.15) is 0 Å². The molecule has 0 fully saturated rings. The summed E-state index contributed by atoms with van der Waals surface area (Å²) in [7, 11) is 1.60. The lowest BCUT2D eigenvalue weighted by atomic mass is 10.2. The van der Waals surface area contributed by atoms with E-state index < -0.39 is 0 Å². The lowest BCUT2D eigenvalue weighted by Crippen LogP contribution is -1.96. The molecule has 0 aliphatic carbocycles. The molecule has 3 heterocycles. The fourth-order valence-corrected chi connectivity index (χ4v) is 2.43. The highest BCUT2D eigenvalue weighted by Crippen LogP contribution is 2.32. The molecule has 4 aromatic rings. The van der Waals surface area contributed by atoms with Crippen LogP contribution in [-0.4, -0.2) is 27.3 Å². The van der Waals surface area contributed by atoms with Gasteiger partial charge < -0.3 is 19.6 Å². The summed E-state index contributed by atoms with van der Waals surface area (Å²) < 4.78 is 16.8. The summed E-state index contributed by atoms with van der Waals surface area (Å²) in [5.74, 6) is 2.66. The maximum atomic E-state index is 5.98. The van der Waals surface area contributed by atoms with Crippen LogP contribution in [0.1, 0.15) is 0 Å². The van der Waals surface area contributed by atoms with Gasteiger partial charge in [-0.25, -0.2) is 4.98 Å². The Kier molecular flexibility index (Phi) is 4.36. The van der Waals surface area contributed by atoms with E-state index in [1.165, 1.54) is 6.20 Å². The van der Waals surface area contributed by atoms with Gasteiger partial charge in [0, 0.05) is 24.0 Å². The largest absolute Gasteiger partial charge is 0.497 e. The topological polar surface area (TPSA) is 109 Å². The number of benzene rings is 1. The highest BCUT2D eigenvalue weighted by molar-refractivity contribution is 5.69. The van der Waals surface area contributed by atoms with Crippen molar-refractivity contribution in [2.24, 2.45) is 0 Å². The molecule has 0 amide bonds. The van der Waals surface area contributed by atoms with Crippen molar-refractivity contribution < 1.29 is 13.9 Å². The first-order valence-electron chi connectivity index (χ1n) is 8.04. The first-order valence-corrected chi connectivity index (χ1v) is 8.04. The number of rotatable bonds is 5. The molecule has 8 nitrogen and oxygen atoms in total. The molecule has 1 aromatic carbocycles. The lowest BCUT2D eigenvalue weighted by molar-refractivity contribution is 0.409. The average Bonchev–Trinajstić information content (AvgIpc) is 3.20. The molecule has 0 aliphatic rings. The Morgan fingerprint density at radius 2 is 1.70 bits per heavy atom. The smallest absolute Gasteiger partial charge is 0.252 e. The third-order valence-electron chi connectivity index (χ3n) is 3.75. The number of ether oxygens (including phenoxy) is 2. The van der Waals surface area contributed by atoms with E-state index in [2.05, 4.69) is 20.2 Å². The molecule has 0 aliphatic heterocycles. The first-order chi connectivity index (χ1) is 13.2. The van der Waals surface area contributed by atoms with E-state index in [1.54, 1.807) is 43.8 Å². The van der Waals surface area contributed by atoms with E-state index in [4.69, 9.17) is 19.6 Å². The minimum Gasteiger partial charge on any atom is -0.497 e. The second-order valence-electron chi connectivity index (χ2n) is 5.53. The number of nitrogen functional groups attached to an aromatic ring is 1. The van der Waals surface area contributed by atoms with Crippen molar-refractivity contribution in [3.8, 4) is 40.2 Å². The Hall–Kier alpha value is -3.94. The normalized spacial score (nSPS) is 10.6. The zero-order valence-electron chi connectivity index (χ0n) is 14.4. The fraction of sp³-hybridized carbons (Fsp3) is 0.0526. The second kappa shape index (κ2) is 7.12. The third kappa shape index (κ3) is 3.54. The number of nitrogens with two attached hydrogens (primary N) is 1. The predicted molar refractivity (Wildman–Crippen MR) is 98.2 cm³/mol. The van der Waals surface area contributed by atoms with Crippen molar-refractivity contribution in [1.29, 1.82) is 0 Å². The highest BCUT2D eigenvalue weighted by Gasteiger charge is 2.15. The zero-order chi connectivity index (χ0) is 18.6. The Morgan fingerprint density at radius 1 is 0.926 bits per heavy atom. The van der Waals surface area contributed by atoms with Crippen LogP contribution in [0.25, 0.3) is 22.9 Å². The van der Waals surface area contributed by atoms with E-state index >= 15 is 0 Å². The van der Waals surface area contributed by atoms with Crippen LogP contribution < -0.4 is 15.2 Å². The summed E-state index contributed by atoms with van der Waals surface area (Å²) in [6, 6.07) is 12.5. The van der Waals surface area contributed by atoms with Crippen LogP contribution >= 0.6 is 0 Å². The van der Waals surface area contributed by atoms with E-state index in [-0.39, 0.29) is 11.7 Å². The number of hydrogen-bond acceptors (Lipinski definition) is 8. The lowest BCUT2D eigenvalue weighted by Gasteiger charge is -2.08. The van der Waals surface area contributed by atoms with E-state index in [9.17, 15) is 0 Å². The minimum atomic E-state index is 0.253. The molecule has 3 aromatic heterocycles. The number of nitrogens with zero attached hydrogens (tertiary/aromatic N) is 4. The van der Waals surface area contributed by atoms with Gasteiger partial charge in [-0.05, 0) is 30.3 Å². The van der Waals surface area contributed by atoms with Gasteiger partial charge in [0.2, 0.25) is 5.89 Å². The van der Waals surface area contributed by atoms with Gasteiger partial charge in [-0.3, -0.25) is 4.98 Å². The molecule has 0 spiro atoms. The van der Waals surface area contributed by atoms with Gasteiger partial charge in [0.05, 0.1) is 18.9 Å². The molecular weight excluding hydrogens is 346 g/mol. The first kappa shape index (κ1) is 16.5. The van der Waals surface area contributed by atoms with Crippen molar-refractivity contribution >= 4 is 5.82 Å². The van der Waals surface area contributed by atoms with Gasteiger partial charge in [0.1, 0.15) is 23.1 Å². The van der Waals surface area contributed by atoms with Gasteiger partial charge in [0.15, 0.2) is 0 Å². The van der Waals surface area contributed by atoms with Crippen LogP contribution in [0, 0.1) is 0 Å². The minimum absolute atomic E-state index is 0.253. The van der Waals surface area contributed by atoms with Crippen molar-refractivity contribution in [3.63, 3.8) is 0 Å². The van der Waals surface area contributed by atoms with Crippen LogP contribution in [0.3, 0.4) is 0 Å². The molecule has 27 heavy (non-hydrogen) atoms. The molecule has 0 saturated heterocycles. The van der Waals surface area contributed by atoms with Crippen LogP contribution in [0.4, 0.5) is 5.82 Å². The van der Waals surface area contributed by atoms with Gasteiger partial charge >= 0.3 is 0 Å². The molecule has 134 valence electrons.